The van der Waals surface area contributed by atoms with Crippen LogP contribution in [0.15, 0.2) is 66.7 Å². The molecule has 0 radical (unpaired) electrons. The SMILES string of the molecule is O=C(CCC(=O)c1ccc2ccccc2c1)NCCNc1ccc([N+](=O)[O-])cc1. The van der Waals surface area contributed by atoms with E-state index >= 15 is 0 Å². The predicted octanol–water partition coefficient (Wildman–Crippen LogP) is 3.94. The zero-order valence-electron chi connectivity index (χ0n) is 15.8. The van der Waals surface area contributed by atoms with Crippen molar-refractivity contribution in [3.05, 3.63) is 82.4 Å². The van der Waals surface area contributed by atoms with Crippen LogP contribution in [0.25, 0.3) is 10.8 Å². The number of nitrogens with one attached hydrogen (secondary N) is 2. The maximum atomic E-state index is 12.3. The Kier molecular flexibility index (Phi) is 6.52. The molecule has 0 fully saturated rings. The second-order valence-corrected chi connectivity index (χ2v) is 6.57. The summed E-state index contributed by atoms with van der Waals surface area (Å²) in [6.45, 7) is 0.863. The topological polar surface area (TPSA) is 101 Å². The van der Waals surface area contributed by atoms with Crippen LogP contribution < -0.4 is 10.6 Å². The summed E-state index contributed by atoms with van der Waals surface area (Å²) in [5, 5.41) is 18.5. The molecule has 3 rings (SSSR count). The smallest absolute Gasteiger partial charge is 0.269 e. The normalized spacial score (nSPS) is 10.5. The lowest BCUT2D eigenvalue weighted by molar-refractivity contribution is -0.384. The quantitative estimate of drug-likeness (QED) is 0.249. The number of nitro benzene ring substituents is 1. The van der Waals surface area contributed by atoms with Gasteiger partial charge in [0.15, 0.2) is 5.78 Å². The first-order chi connectivity index (χ1) is 14.0. The zero-order valence-corrected chi connectivity index (χ0v) is 15.8. The van der Waals surface area contributed by atoms with Crippen LogP contribution in [0.2, 0.25) is 0 Å². The Bertz CT molecular complexity index is 1030. The third-order valence-corrected chi connectivity index (χ3v) is 4.50. The molecule has 0 aliphatic carbocycles. The molecule has 3 aromatic rings. The second kappa shape index (κ2) is 9.45. The van der Waals surface area contributed by atoms with E-state index in [9.17, 15) is 19.7 Å². The van der Waals surface area contributed by atoms with Crippen molar-refractivity contribution in [2.24, 2.45) is 0 Å². The summed E-state index contributed by atoms with van der Waals surface area (Å²) in [6, 6.07) is 19.4. The Morgan fingerprint density at radius 3 is 2.31 bits per heavy atom. The van der Waals surface area contributed by atoms with Crippen molar-refractivity contribution in [1.29, 1.82) is 0 Å². The summed E-state index contributed by atoms with van der Waals surface area (Å²) < 4.78 is 0. The monoisotopic (exact) mass is 391 g/mol. The van der Waals surface area contributed by atoms with Gasteiger partial charge in [-0.05, 0) is 29.0 Å². The number of carbonyl (C=O) groups excluding carboxylic acids is 2. The number of fused-ring (bicyclic) bond motifs is 1. The van der Waals surface area contributed by atoms with Gasteiger partial charge < -0.3 is 10.6 Å². The minimum atomic E-state index is -0.455. The molecule has 7 heteroatoms. The summed E-state index contributed by atoms with van der Waals surface area (Å²) in [6.07, 6.45) is 0.281. The van der Waals surface area contributed by atoms with Crippen LogP contribution in [0, 0.1) is 10.1 Å². The summed E-state index contributed by atoms with van der Waals surface area (Å²) in [5.74, 6) is -0.250. The maximum absolute atomic E-state index is 12.3. The lowest BCUT2D eigenvalue weighted by Gasteiger charge is -2.08. The van der Waals surface area contributed by atoms with Crippen molar-refractivity contribution >= 4 is 33.8 Å². The highest BCUT2D eigenvalue weighted by atomic mass is 16.6. The van der Waals surface area contributed by atoms with Crippen LogP contribution in [0.5, 0.6) is 0 Å². The molecule has 0 aliphatic heterocycles. The Morgan fingerprint density at radius 1 is 0.862 bits per heavy atom. The van der Waals surface area contributed by atoms with Crippen LogP contribution in [0.1, 0.15) is 23.2 Å². The van der Waals surface area contributed by atoms with Crippen molar-refractivity contribution in [1.82, 2.24) is 5.32 Å². The molecule has 0 spiro atoms. The summed E-state index contributed by atoms with van der Waals surface area (Å²) in [4.78, 5) is 34.5. The van der Waals surface area contributed by atoms with Crippen LogP contribution in [0.3, 0.4) is 0 Å². The number of Topliss-reactive ketones (excluding diaryl/α,β-unsaturated/α-hetero) is 1. The maximum Gasteiger partial charge on any atom is 0.269 e. The summed E-state index contributed by atoms with van der Waals surface area (Å²) in [5.41, 5.74) is 1.37. The van der Waals surface area contributed by atoms with E-state index in [4.69, 9.17) is 0 Å². The second-order valence-electron chi connectivity index (χ2n) is 6.57. The number of nitro groups is 1. The molecule has 0 saturated heterocycles. The number of non-ortho nitro benzene ring substituents is 1. The van der Waals surface area contributed by atoms with Crippen LogP contribution in [-0.2, 0) is 4.79 Å². The molecular weight excluding hydrogens is 370 g/mol. The molecule has 0 heterocycles. The van der Waals surface area contributed by atoms with Crippen LogP contribution >= 0.6 is 0 Å². The van der Waals surface area contributed by atoms with E-state index in [1.165, 1.54) is 12.1 Å². The molecule has 2 N–H and O–H groups in total. The molecule has 148 valence electrons. The van der Waals surface area contributed by atoms with Gasteiger partial charge in [-0.1, -0.05) is 36.4 Å². The first-order valence-corrected chi connectivity index (χ1v) is 9.30. The molecule has 0 unspecified atom stereocenters. The van der Waals surface area contributed by atoms with Gasteiger partial charge in [0.1, 0.15) is 0 Å². The lowest BCUT2D eigenvalue weighted by atomic mass is 10.0. The van der Waals surface area contributed by atoms with Gasteiger partial charge in [0, 0.05) is 49.3 Å². The number of rotatable bonds is 9. The van der Waals surface area contributed by atoms with Gasteiger partial charge in [0.2, 0.25) is 5.91 Å². The number of nitrogens with zero attached hydrogens (tertiary/aromatic N) is 1. The standard InChI is InChI=1S/C22H21N3O4/c26-21(18-6-5-16-3-1-2-4-17(16)15-18)11-12-22(27)24-14-13-23-19-7-9-20(10-8-19)25(28)29/h1-10,15,23H,11-14H2,(H,24,27). The van der Waals surface area contributed by atoms with Crippen molar-refractivity contribution in [3.63, 3.8) is 0 Å². The van der Waals surface area contributed by atoms with E-state index in [2.05, 4.69) is 10.6 Å². The average Bonchev–Trinajstić information content (AvgIpc) is 2.75. The lowest BCUT2D eigenvalue weighted by Crippen LogP contribution is -2.29. The van der Waals surface area contributed by atoms with Gasteiger partial charge in [0.05, 0.1) is 4.92 Å². The van der Waals surface area contributed by atoms with Gasteiger partial charge in [0.25, 0.3) is 5.69 Å². The van der Waals surface area contributed by atoms with E-state index in [1.807, 2.05) is 36.4 Å². The molecule has 7 nitrogen and oxygen atoms in total. The van der Waals surface area contributed by atoms with Gasteiger partial charge in [-0.2, -0.15) is 0 Å². The Labute approximate surface area is 167 Å². The number of hydrogen-bond donors (Lipinski definition) is 2. The fourth-order valence-electron chi connectivity index (χ4n) is 2.93. The minimum Gasteiger partial charge on any atom is -0.383 e. The first kappa shape index (κ1) is 20.0. The van der Waals surface area contributed by atoms with Gasteiger partial charge >= 0.3 is 0 Å². The fourth-order valence-corrected chi connectivity index (χ4v) is 2.93. The van der Waals surface area contributed by atoms with Gasteiger partial charge in [-0.15, -0.1) is 0 Å². The van der Waals surface area contributed by atoms with E-state index in [1.54, 1.807) is 18.2 Å². The fraction of sp³-hybridized carbons (Fsp3) is 0.182. The molecule has 29 heavy (non-hydrogen) atoms. The molecule has 0 aromatic heterocycles. The first-order valence-electron chi connectivity index (χ1n) is 9.30. The van der Waals surface area contributed by atoms with Crippen LogP contribution in [0.4, 0.5) is 11.4 Å². The molecule has 0 bridgehead atoms. The highest BCUT2D eigenvalue weighted by Gasteiger charge is 2.10. The van der Waals surface area contributed by atoms with Gasteiger partial charge in [-0.25, -0.2) is 0 Å². The zero-order chi connectivity index (χ0) is 20.6. The third kappa shape index (κ3) is 5.62. The van der Waals surface area contributed by atoms with E-state index < -0.39 is 4.92 Å². The highest BCUT2D eigenvalue weighted by Crippen LogP contribution is 2.17. The molecule has 0 aliphatic rings. The number of carbonyl (C=O) groups is 2. The summed E-state index contributed by atoms with van der Waals surface area (Å²) in [7, 11) is 0. The highest BCUT2D eigenvalue weighted by molar-refractivity contribution is 6.01. The number of ketones is 1. The van der Waals surface area contributed by atoms with Crippen molar-refractivity contribution < 1.29 is 14.5 Å². The number of hydrogen-bond acceptors (Lipinski definition) is 5. The largest absolute Gasteiger partial charge is 0.383 e. The molecule has 3 aromatic carbocycles. The molecule has 0 atom stereocenters. The van der Waals surface area contributed by atoms with E-state index in [-0.39, 0.29) is 30.2 Å². The summed E-state index contributed by atoms with van der Waals surface area (Å²) >= 11 is 0. The molecule has 0 saturated carbocycles. The molecular formula is C22H21N3O4. The third-order valence-electron chi connectivity index (χ3n) is 4.50. The Morgan fingerprint density at radius 2 is 1.59 bits per heavy atom. The van der Waals surface area contributed by atoms with Gasteiger partial charge in [-0.3, -0.25) is 19.7 Å². The number of anilines is 1. The van der Waals surface area contributed by atoms with Crippen molar-refractivity contribution in [2.75, 3.05) is 18.4 Å². The predicted molar refractivity (Wildman–Crippen MR) is 112 cm³/mol. The van der Waals surface area contributed by atoms with Crippen molar-refractivity contribution in [2.45, 2.75) is 12.8 Å². The molecule has 1 amide bonds. The van der Waals surface area contributed by atoms with Crippen molar-refractivity contribution in [3.8, 4) is 0 Å². The van der Waals surface area contributed by atoms with E-state index in [0.29, 0.717) is 18.7 Å². The minimum absolute atomic E-state index is 0.0277. The number of amides is 1. The average molecular weight is 391 g/mol. The Balaban J connectivity index is 1.39. The Hall–Kier alpha value is -3.74. The van der Waals surface area contributed by atoms with E-state index in [0.717, 1.165) is 16.5 Å². The van der Waals surface area contributed by atoms with Crippen LogP contribution in [-0.4, -0.2) is 29.7 Å². The number of benzene rings is 3.